The molecule has 0 bridgehead atoms. The fourth-order valence-electron chi connectivity index (χ4n) is 1.31. The van der Waals surface area contributed by atoms with Gasteiger partial charge in [-0.1, -0.05) is 0 Å². The average molecular weight is 318 g/mol. The second-order valence-electron chi connectivity index (χ2n) is 3.66. The van der Waals surface area contributed by atoms with Crippen LogP contribution in [0.4, 0.5) is 11.4 Å². The molecule has 2 rings (SSSR count). The summed E-state index contributed by atoms with van der Waals surface area (Å²) in [4.78, 5) is -0.309. The van der Waals surface area contributed by atoms with Crippen molar-refractivity contribution in [3.8, 4) is 5.75 Å². The molecule has 0 radical (unpaired) electrons. The SMILES string of the molecule is O.O=S(=O)([O-])c1ccc(N=Nc2ccc(O)cc2)cc1.[Na+]. The summed E-state index contributed by atoms with van der Waals surface area (Å²) in [5.41, 5.74) is 0.957. The van der Waals surface area contributed by atoms with E-state index in [-0.39, 0.29) is 45.7 Å². The van der Waals surface area contributed by atoms with Crippen molar-refractivity contribution in [1.29, 1.82) is 0 Å². The molecule has 0 aliphatic carbocycles. The number of phenolic OH excluding ortho intramolecular Hbond substituents is 1. The van der Waals surface area contributed by atoms with Crippen LogP contribution in [0, 0.1) is 0 Å². The summed E-state index contributed by atoms with van der Waals surface area (Å²) in [6.07, 6.45) is 0. The van der Waals surface area contributed by atoms with Crippen LogP contribution in [0.5, 0.6) is 5.75 Å². The first kappa shape index (κ1) is 19.7. The van der Waals surface area contributed by atoms with Crippen LogP contribution in [0.25, 0.3) is 0 Å². The molecule has 0 saturated heterocycles. The van der Waals surface area contributed by atoms with E-state index in [1.165, 1.54) is 36.4 Å². The zero-order valence-electron chi connectivity index (χ0n) is 11.1. The molecule has 0 unspecified atom stereocenters. The Morgan fingerprint density at radius 2 is 1.24 bits per heavy atom. The minimum Gasteiger partial charge on any atom is -0.744 e. The molecule has 7 nitrogen and oxygen atoms in total. The molecule has 9 heteroatoms. The van der Waals surface area contributed by atoms with E-state index in [4.69, 9.17) is 5.11 Å². The Morgan fingerprint density at radius 3 is 1.62 bits per heavy atom. The molecule has 0 heterocycles. The van der Waals surface area contributed by atoms with Gasteiger partial charge in [-0.05, 0) is 48.5 Å². The Kier molecular flexibility index (Phi) is 7.72. The number of hydrogen-bond donors (Lipinski definition) is 1. The van der Waals surface area contributed by atoms with Crippen LogP contribution in [0.15, 0.2) is 63.7 Å². The van der Waals surface area contributed by atoms with Crippen LogP contribution in [-0.2, 0) is 10.1 Å². The molecule has 0 aromatic heterocycles. The van der Waals surface area contributed by atoms with Crippen LogP contribution in [-0.4, -0.2) is 23.6 Å². The number of azo groups is 1. The summed E-state index contributed by atoms with van der Waals surface area (Å²) < 4.78 is 32.2. The Labute approximate surface area is 143 Å². The van der Waals surface area contributed by atoms with Gasteiger partial charge in [0.15, 0.2) is 0 Å². The number of rotatable bonds is 3. The maximum atomic E-state index is 10.7. The summed E-state index contributed by atoms with van der Waals surface area (Å²) in [6, 6.07) is 11.2. The van der Waals surface area contributed by atoms with Gasteiger partial charge in [0.05, 0.1) is 16.3 Å². The van der Waals surface area contributed by atoms with Gasteiger partial charge in [0, 0.05) is 0 Å². The fraction of sp³-hybridized carbons (Fsp3) is 0. The van der Waals surface area contributed by atoms with Gasteiger partial charge in [0.1, 0.15) is 15.9 Å². The number of phenols is 1. The Bertz CT molecular complexity index is 699. The maximum Gasteiger partial charge on any atom is 1.00 e. The van der Waals surface area contributed by atoms with Crippen molar-refractivity contribution in [2.45, 2.75) is 4.90 Å². The standard InChI is InChI=1S/C12H10N2O4S.Na.H2O/c15-11-5-1-9(2-6-11)13-14-10-3-7-12(8-4-10)19(16,17)18;;/h1-8,15H,(H,16,17,18);;1H2/q;+1;/p-1. The molecule has 21 heavy (non-hydrogen) atoms. The summed E-state index contributed by atoms with van der Waals surface area (Å²) >= 11 is 0. The first-order chi connectivity index (χ1) is 8.95. The second-order valence-corrected chi connectivity index (χ2v) is 5.04. The van der Waals surface area contributed by atoms with Gasteiger partial charge < -0.3 is 15.1 Å². The molecule has 0 aliphatic rings. The molecular weight excluding hydrogens is 307 g/mol. The largest absolute Gasteiger partial charge is 1.00 e. The van der Waals surface area contributed by atoms with Gasteiger partial charge in [0.2, 0.25) is 0 Å². The van der Waals surface area contributed by atoms with Crippen molar-refractivity contribution < 1.29 is 53.1 Å². The van der Waals surface area contributed by atoms with Gasteiger partial charge >= 0.3 is 29.6 Å². The van der Waals surface area contributed by atoms with Crippen LogP contribution >= 0.6 is 0 Å². The molecule has 0 spiro atoms. The molecule has 0 amide bonds. The van der Waals surface area contributed by atoms with Gasteiger partial charge in [-0.25, -0.2) is 8.42 Å². The second kappa shape index (κ2) is 8.23. The van der Waals surface area contributed by atoms with Crippen LogP contribution < -0.4 is 29.6 Å². The molecule has 0 saturated carbocycles. The van der Waals surface area contributed by atoms with E-state index in [1.807, 2.05) is 0 Å². The third-order valence-electron chi connectivity index (χ3n) is 2.26. The van der Waals surface area contributed by atoms with Gasteiger partial charge in [0.25, 0.3) is 0 Å². The van der Waals surface area contributed by atoms with Crippen LogP contribution in [0.1, 0.15) is 0 Å². The van der Waals surface area contributed by atoms with Crippen molar-refractivity contribution in [3.63, 3.8) is 0 Å². The van der Waals surface area contributed by atoms with E-state index in [9.17, 15) is 13.0 Å². The summed E-state index contributed by atoms with van der Waals surface area (Å²) in [6.45, 7) is 0. The van der Waals surface area contributed by atoms with E-state index in [0.717, 1.165) is 0 Å². The van der Waals surface area contributed by atoms with Gasteiger partial charge in [-0.3, -0.25) is 0 Å². The Hall–Kier alpha value is -1.29. The number of benzene rings is 2. The molecule has 106 valence electrons. The Morgan fingerprint density at radius 1 is 0.857 bits per heavy atom. The molecular formula is C12H11N2NaO5S. The molecule has 0 atom stereocenters. The van der Waals surface area contributed by atoms with E-state index in [0.29, 0.717) is 11.4 Å². The molecule has 0 aliphatic heterocycles. The predicted molar refractivity (Wildman–Crippen MR) is 70.3 cm³/mol. The zero-order chi connectivity index (χ0) is 13.9. The van der Waals surface area contributed by atoms with Crippen LogP contribution in [0.2, 0.25) is 0 Å². The molecule has 2 aromatic carbocycles. The first-order valence-corrected chi connectivity index (χ1v) is 6.63. The van der Waals surface area contributed by atoms with Crippen molar-refractivity contribution in [2.75, 3.05) is 0 Å². The zero-order valence-corrected chi connectivity index (χ0v) is 13.9. The van der Waals surface area contributed by atoms with E-state index < -0.39 is 10.1 Å². The van der Waals surface area contributed by atoms with Crippen molar-refractivity contribution in [2.24, 2.45) is 10.2 Å². The maximum absolute atomic E-state index is 10.7. The molecule has 0 fully saturated rings. The Balaban J connectivity index is 0.00000200. The van der Waals surface area contributed by atoms with E-state index >= 15 is 0 Å². The van der Waals surface area contributed by atoms with Gasteiger partial charge in [-0.15, -0.1) is 0 Å². The minimum atomic E-state index is -4.44. The molecule has 2 aromatic rings. The normalized spacial score (nSPS) is 10.7. The van der Waals surface area contributed by atoms with Gasteiger partial charge in [-0.2, -0.15) is 10.2 Å². The summed E-state index contributed by atoms with van der Waals surface area (Å²) in [7, 11) is -4.44. The monoisotopic (exact) mass is 318 g/mol. The van der Waals surface area contributed by atoms with Crippen molar-refractivity contribution in [3.05, 3.63) is 48.5 Å². The minimum absolute atomic E-state index is 0. The van der Waals surface area contributed by atoms with Crippen molar-refractivity contribution in [1.82, 2.24) is 0 Å². The topological polar surface area (TPSA) is 134 Å². The quantitative estimate of drug-likeness (QED) is 0.436. The van der Waals surface area contributed by atoms with Crippen LogP contribution in [0.3, 0.4) is 0 Å². The smallest absolute Gasteiger partial charge is 0.744 e. The molecule has 3 N–H and O–H groups in total. The van der Waals surface area contributed by atoms with Crippen molar-refractivity contribution >= 4 is 21.5 Å². The summed E-state index contributed by atoms with van der Waals surface area (Å²) in [5, 5.41) is 16.9. The number of nitrogens with zero attached hydrogens (tertiary/aromatic N) is 2. The third-order valence-corrected chi connectivity index (χ3v) is 3.11. The fourth-order valence-corrected chi connectivity index (χ4v) is 1.78. The first-order valence-electron chi connectivity index (χ1n) is 5.22. The van der Waals surface area contributed by atoms with E-state index in [2.05, 4.69) is 10.2 Å². The predicted octanol–water partition coefficient (Wildman–Crippen LogP) is -1.11. The summed E-state index contributed by atoms with van der Waals surface area (Å²) in [5.74, 6) is 0.129. The third kappa shape index (κ3) is 5.92. The number of hydrogen-bond acceptors (Lipinski definition) is 6. The average Bonchev–Trinajstić information content (AvgIpc) is 2.37. The van der Waals surface area contributed by atoms with E-state index in [1.54, 1.807) is 12.1 Å². The number of aromatic hydroxyl groups is 1.